The van der Waals surface area contributed by atoms with Crippen LogP contribution in [0.15, 0.2) is 36.4 Å². The standard InChI is InChI=1S/C12H16O/c1-11(10-13)6-5-9-12-7-3-2-4-8-12/h2-5,7-9,11,13H,6,10H2,1H3/b9-5+/t11-/m1/s1. The third-order valence-electron chi connectivity index (χ3n) is 1.96. The summed E-state index contributed by atoms with van der Waals surface area (Å²) in [6, 6.07) is 10.2. The van der Waals surface area contributed by atoms with Gasteiger partial charge in [-0.15, -0.1) is 0 Å². The number of benzene rings is 1. The van der Waals surface area contributed by atoms with E-state index in [1.807, 2.05) is 25.1 Å². The van der Waals surface area contributed by atoms with Crippen molar-refractivity contribution in [1.29, 1.82) is 0 Å². The summed E-state index contributed by atoms with van der Waals surface area (Å²) in [6.45, 7) is 2.30. The van der Waals surface area contributed by atoms with Crippen molar-refractivity contribution in [3.05, 3.63) is 42.0 Å². The number of rotatable bonds is 4. The lowest BCUT2D eigenvalue weighted by atomic mass is 10.1. The largest absolute Gasteiger partial charge is 0.396 e. The average Bonchev–Trinajstić information content (AvgIpc) is 2.19. The van der Waals surface area contributed by atoms with E-state index in [1.54, 1.807) is 0 Å². The number of aliphatic hydroxyl groups excluding tert-OH is 1. The first kappa shape index (κ1) is 10.0. The van der Waals surface area contributed by atoms with E-state index in [-0.39, 0.29) is 6.61 Å². The average molecular weight is 176 g/mol. The molecule has 1 heteroatoms. The van der Waals surface area contributed by atoms with Crippen LogP contribution in [0.1, 0.15) is 18.9 Å². The molecule has 1 rings (SSSR count). The molecule has 0 aromatic heterocycles. The Balaban J connectivity index is 2.41. The van der Waals surface area contributed by atoms with Crippen LogP contribution in [0.3, 0.4) is 0 Å². The normalized spacial score (nSPS) is 13.4. The lowest BCUT2D eigenvalue weighted by Crippen LogP contribution is -1.97. The molecule has 0 saturated heterocycles. The van der Waals surface area contributed by atoms with Gasteiger partial charge in [-0.1, -0.05) is 49.4 Å². The highest BCUT2D eigenvalue weighted by Gasteiger charge is 1.94. The lowest BCUT2D eigenvalue weighted by molar-refractivity contribution is 0.239. The molecule has 1 atom stereocenters. The predicted molar refractivity (Wildman–Crippen MR) is 56.3 cm³/mol. The summed E-state index contributed by atoms with van der Waals surface area (Å²) in [7, 11) is 0. The third-order valence-corrected chi connectivity index (χ3v) is 1.96. The Bertz CT molecular complexity index is 251. The van der Waals surface area contributed by atoms with E-state index in [9.17, 15) is 0 Å². The van der Waals surface area contributed by atoms with Gasteiger partial charge < -0.3 is 5.11 Å². The molecule has 1 N–H and O–H groups in total. The first-order valence-corrected chi connectivity index (χ1v) is 4.65. The molecule has 0 aliphatic heterocycles. The molecule has 0 spiro atoms. The smallest absolute Gasteiger partial charge is 0.0459 e. The van der Waals surface area contributed by atoms with E-state index in [4.69, 9.17) is 5.11 Å². The van der Waals surface area contributed by atoms with E-state index in [0.29, 0.717) is 5.92 Å². The van der Waals surface area contributed by atoms with Crippen molar-refractivity contribution in [2.24, 2.45) is 5.92 Å². The molecule has 70 valence electrons. The highest BCUT2D eigenvalue weighted by atomic mass is 16.3. The number of allylic oxidation sites excluding steroid dienone is 1. The van der Waals surface area contributed by atoms with Crippen LogP contribution in [-0.4, -0.2) is 11.7 Å². The van der Waals surface area contributed by atoms with Gasteiger partial charge in [0.05, 0.1) is 0 Å². The number of aliphatic hydroxyl groups is 1. The lowest BCUT2D eigenvalue weighted by Gasteiger charge is -2.01. The number of hydrogen-bond acceptors (Lipinski definition) is 1. The SMILES string of the molecule is C[C@@H](CO)C/C=C/c1ccccc1. The monoisotopic (exact) mass is 176 g/mol. The Labute approximate surface area is 79.7 Å². The van der Waals surface area contributed by atoms with Gasteiger partial charge in [0.25, 0.3) is 0 Å². The second-order valence-electron chi connectivity index (χ2n) is 3.34. The van der Waals surface area contributed by atoms with E-state index >= 15 is 0 Å². The van der Waals surface area contributed by atoms with E-state index in [2.05, 4.69) is 24.3 Å². The molecule has 0 heterocycles. The van der Waals surface area contributed by atoms with Crippen molar-refractivity contribution in [1.82, 2.24) is 0 Å². The molecule has 0 fully saturated rings. The van der Waals surface area contributed by atoms with Gasteiger partial charge in [0, 0.05) is 6.61 Å². The summed E-state index contributed by atoms with van der Waals surface area (Å²) in [4.78, 5) is 0. The van der Waals surface area contributed by atoms with Gasteiger partial charge in [-0.2, -0.15) is 0 Å². The molecular weight excluding hydrogens is 160 g/mol. The third kappa shape index (κ3) is 3.90. The van der Waals surface area contributed by atoms with Crippen LogP contribution in [0.5, 0.6) is 0 Å². The molecule has 0 radical (unpaired) electrons. The van der Waals surface area contributed by atoms with Crippen molar-refractivity contribution >= 4 is 6.08 Å². The zero-order valence-electron chi connectivity index (χ0n) is 7.98. The van der Waals surface area contributed by atoms with Gasteiger partial charge in [-0.25, -0.2) is 0 Å². The molecule has 1 nitrogen and oxygen atoms in total. The summed E-state index contributed by atoms with van der Waals surface area (Å²) in [5.74, 6) is 0.361. The molecule has 1 aromatic carbocycles. The summed E-state index contributed by atoms with van der Waals surface area (Å²) in [6.07, 6.45) is 5.13. The van der Waals surface area contributed by atoms with Crippen LogP contribution >= 0.6 is 0 Å². The fourth-order valence-electron chi connectivity index (χ4n) is 1.08. The summed E-state index contributed by atoms with van der Waals surface area (Å²) >= 11 is 0. The van der Waals surface area contributed by atoms with Gasteiger partial charge in [0.15, 0.2) is 0 Å². The van der Waals surface area contributed by atoms with Gasteiger partial charge in [0.1, 0.15) is 0 Å². The van der Waals surface area contributed by atoms with Crippen LogP contribution in [0.2, 0.25) is 0 Å². The van der Waals surface area contributed by atoms with Crippen LogP contribution in [0, 0.1) is 5.92 Å². The van der Waals surface area contributed by atoms with E-state index < -0.39 is 0 Å². The highest BCUT2D eigenvalue weighted by molar-refractivity contribution is 5.48. The van der Waals surface area contributed by atoms with Gasteiger partial charge in [-0.3, -0.25) is 0 Å². The Morgan fingerprint density at radius 1 is 1.31 bits per heavy atom. The highest BCUT2D eigenvalue weighted by Crippen LogP contribution is 2.05. The second-order valence-corrected chi connectivity index (χ2v) is 3.34. The maximum absolute atomic E-state index is 8.80. The fourth-order valence-corrected chi connectivity index (χ4v) is 1.08. The Morgan fingerprint density at radius 2 is 2.00 bits per heavy atom. The Morgan fingerprint density at radius 3 is 2.62 bits per heavy atom. The molecule has 0 saturated carbocycles. The Kier molecular flexibility index (Phi) is 4.27. The maximum Gasteiger partial charge on any atom is 0.0459 e. The quantitative estimate of drug-likeness (QED) is 0.747. The van der Waals surface area contributed by atoms with Crippen LogP contribution in [-0.2, 0) is 0 Å². The topological polar surface area (TPSA) is 20.2 Å². The maximum atomic E-state index is 8.80. The molecular formula is C12H16O. The fraction of sp³-hybridized carbons (Fsp3) is 0.333. The van der Waals surface area contributed by atoms with Crippen molar-refractivity contribution < 1.29 is 5.11 Å². The zero-order valence-corrected chi connectivity index (χ0v) is 7.98. The minimum Gasteiger partial charge on any atom is -0.396 e. The molecule has 0 amide bonds. The summed E-state index contributed by atoms with van der Waals surface area (Å²) in [5, 5.41) is 8.80. The van der Waals surface area contributed by atoms with Gasteiger partial charge in [0.2, 0.25) is 0 Å². The molecule has 13 heavy (non-hydrogen) atoms. The van der Waals surface area contributed by atoms with Crippen molar-refractivity contribution in [2.45, 2.75) is 13.3 Å². The molecule has 0 unspecified atom stereocenters. The molecule has 0 aliphatic rings. The minimum atomic E-state index is 0.263. The van der Waals surface area contributed by atoms with Gasteiger partial charge >= 0.3 is 0 Å². The predicted octanol–water partition coefficient (Wildman–Crippen LogP) is 2.72. The van der Waals surface area contributed by atoms with E-state index in [1.165, 1.54) is 5.56 Å². The number of hydrogen-bond donors (Lipinski definition) is 1. The second kappa shape index (κ2) is 5.55. The van der Waals surface area contributed by atoms with Crippen LogP contribution < -0.4 is 0 Å². The minimum absolute atomic E-state index is 0.263. The molecule has 0 aliphatic carbocycles. The first-order valence-electron chi connectivity index (χ1n) is 4.65. The first-order chi connectivity index (χ1) is 6.33. The van der Waals surface area contributed by atoms with Crippen molar-refractivity contribution in [3.63, 3.8) is 0 Å². The Hall–Kier alpha value is -1.08. The van der Waals surface area contributed by atoms with E-state index in [0.717, 1.165) is 6.42 Å². The summed E-state index contributed by atoms with van der Waals surface area (Å²) < 4.78 is 0. The summed E-state index contributed by atoms with van der Waals surface area (Å²) in [5.41, 5.74) is 1.22. The van der Waals surface area contributed by atoms with Crippen molar-refractivity contribution in [3.8, 4) is 0 Å². The zero-order chi connectivity index (χ0) is 9.52. The molecule has 0 bridgehead atoms. The van der Waals surface area contributed by atoms with Crippen molar-refractivity contribution in [2.75, 3.05) is 6.61 Å². The van der Waals surface area contributed by atoms with Crippen LogP contribution in [0.25, 0.3) is 6.08 Å². The van der Waals surface area contributed by atoms with Gasteiger partial charge in [-0.05, 0) is 17.9 Å². The van der Waals surface area contributed by atoms with Crippen LogP contribution in [0.4, 0.5) is 0 Å². The molecule has 1 aromatic rings.